The van der Waals surface area contributed by atoms with Gasteiger partial charge in [0, 0.05) is 4.47 Å². The van der Waals surface area contributed by atoms with Crippen LogP contribution >= 0.6 is 15.9 Å². The second-order valence-corrected chi connectivity index (χ2v) is 7.18. The Kier molecular flexibility index (Phi) is 4.70. The van der Waals surface area contributed by atoms with Crippen LogP contribution < -0.4 is 0 Å². The predicted octanol–water partition coefficient (Wildman–Crippen LogP) is 2.23. The molecule has 1 unspecified atom stereocenters. The normalized spacial score (nSPS) is 13.3. The van der Waals surface area contributed by atoms with E-state index in [0.29, 0.717) is 5.56 Å². The summed E-state index contributed by atoms with van der Waals surface area (Å²) in [6.07, 6.45) is -0.365. The van der Waals surface area contributed by atoms with Crippen molar-refractivity contribution in [3.05, 3.63) is 34.3 Å². The number of rotatable bonds is 5. The van der Waals surface area contributed by atoms with Crippen molar-refractivity contribution in [3.8, 4) is 0 Å². The molecule has 17 heavy (non-hydrogen) atoms. The lowest BCUT2D eigenvalue weighted by atomic mass is 10.2. The molecule has 6 heteroatoms. The molecule has 0 aliphatic heterocycles. The molecule has 4 nitrogen and oxygen atoms in total. The molecule has 1 aromatic rings. The fraction of sp³-hybridized carbons (Fsp3) is 0.364. The summed E-state index contributed by atoms with van der Waals surface area (Å²) < 4.78 is 24.5. The average molecular weight is 321 g/mol. The van der Waals surface area contributed by atoms with Gasteiger partial charge in [-0.25, -0.2) is 8.42 Å². The van der Waals surface area contributed by atoms with E-state index in [0.717, 1.165) is 4.47 Å². The second-order valence-electron chi connectivity index (χ2n) is 3.85. The molecule has 0 aromatic heterocycles. The standard InChI is InChI=1S/C11H13BrO4S/c1-8(5-11(13)14)17(15,16)7-9-3-2-4-10(12)6-9/h2-4,6,8H,5,7H2,1H3,(H,13,14). The Labute approximate surface area is 109 Å². The van der Waals surface area contributed by atoms with Crippen molar-refractivity contribution >= 4 is 31.7 Å². The molecule has 0 aliphatic rings. The molecule has 0 radical (unpaired) electrons. The molecular formula is C11H13BrO4S. The van der Waals surface area contributed by atoms with Crippen LogP contribution in [0.1, 0.15) is 18.9 Å². The van der Waals surface area contributed by atoms with Crippen molar-refractivity contribution in [2.75, 3.05) is 0 Å². The number of halogens is 1. The Bertz CT molecular complexity index is 510. The lowest BCUT2D eigenvalue weighted by molar-refractivity contribution is -0.136. The second kappa shape index (κ2) is 5.64. The van der Waals surface area contributed by atoms with E-state index < -0.39 is 21.1 Å². The largest absolute Gasteiger partial charge is 0.481 e. The highest BCUT2D eigenvalue weighted by Crippen LogP contribution is 2.17. The van der Waals surface area contributed by atoms with Gasteiger partial charge in [0.05, 0.1) is 17.4 Å². The van der Waals surface area contributed by atoms with Crippen molar-refractivity contribution in [3.63, 3.8) is 0 Å². The van der Waals surface area contributed by atoms with Crippen molar-refractivity contribution in [2.24, 2.45) is 0 Å². The molecule has 1 rings (SSSR count). The summed E-state index contributed by atoms with van der Waals surface area (Å²) in [5.41, 5.74) is 0.650. The monoisotopic (exact) mass is 320 g/mol. The van der Waals surface area contributed by atoms with E-state index in [9.17, 15) is 13.2 Å². The van der Waals surface area contributed by atoms with Crippen LogP contribution in [0.3, 0.4) is 0 Å². The maximum Gasteiger partial charge on any atom is 0.304 e. The van der Waals surface area contributed by atoms with Crippen molar-refractivity contribution in [1.82, 2.24) is 0 Å². The van der Waals surface area contributed by atoms with Crippen LogP contribution in [0.15, 0.2) is 28.7 Å². The summed E-state index contributed by atoms with van der Waals surface area (Å²) in [6, 6.07) is 6.97. The van der Waals surface area contributed by atoms with Gasteiger partial charge in [-0.2, -0.15) is 0 Å². The van der Waals surface area contributed by atoms with Gasteiger partial charge < -0.3 is 5.11 Å². The first-order valence-corrected chi connectivity index (χ1v) is 7.50. The van der Waals surface area contributed by atoms with Crippen LogP contribution in [0, 0.1) is 0 Å². The quantitative estimate of drug-likeness (QED) is 0.903. The number of hydrogen-bond acceptors (Lipinski definition) is 3. The minimum atomic E-state index is -3.43. The smallest absolute Gasteiger partial charge is 0.304 e. The highest BCUT2D eigenvalue weighted by molar-refractivity contribution is 9.10. The van der Waals surface area contributed by atoms with E-state index >= 15 is 0 Å². The molecule has 94 valence electrons. The van der Waals surface area contributed by atoms with Gasteiger partial charge in [0.25, 0.3) is 0 Å². The van der Waals surface area contributed by atoms with Gasteiger partial charge in [-0.15, -0.1) is 0 Å². The maximum atomic E-state index is 11.9. The summed E-state index contributed by atoms with van der Waals surface area (Å²) in [5, 5.41) is 7.71. The van der Waals surface area contributed by atoms with Crippen molar-refractivity contribution in [2.45, 2.75) is 24.3 Å². The van der Waals surface area contributed by atoms with Crippen molar-refractivity contribution < 1.29 is 18.3 Å². The van der Waals surface area contributed by atoms with Crippen LogP contribution in [0.25, 0.3) is 0 Å². The molecular weight excluding hydrogens is 308 g/mol. The number of carbonyl (C=O) groups is 1. The average Bonchev–Trinajstić information content (AvgIpc) is 2.15. The Morgan fingerprint density at radius 2 is 2.12 bits per heavy atom. The number of sulfone groups is 1. The molecule has 0 spiro atoms. The molecule has 0 heterocycles. The molecule has 0 saturated carbocycles. The van der Waals surface area contributed by atoms with Gasteiger partial charge in [-0.05, 0) is 24.6 Å². The lowest BCUT2D eigenvalue weighted by Crippen LogP contribution is -2.22. The third-order valence-electron chi connectivity index (χ3n) is 2.33. The summed E-state index contributed by atoms with van der Waals surface area (Å²) in [4.78, 5) is 10.5. The van der Waals surface area contributed by atoms with Gasteiger partial charge in [0.1, 0.15) is 0 Å². The summed E-state index contributed by atoms with van der Waals surface area (Å²) in [6.45, 7) is 1.42. The molecule has 1 aromatic carbocycles. The maximum absolute atomic E-state index is 11.9. The third-order valence-corrected chi connectivity index (χ3v) is 4.95. The number of aliphatic carboxylic acids is 1. The fourth-order valence-corrected chi connectivity index (χ4v) is 3.15. The Balaban J connectivity index is 2.83. The van der Waals surface area contributed by atoms with Gasteiger partial charge in [0.2, 0.25) is 0 Å². The lowest BCUT2D eigenvalue weighted by Gasteiger charge is -2.10. The number of carboxylic acids is 1. The Morgan fingerprint density at radius 3 is 2.65 bits per heavy atom. The number of carboxylic acid groups (broad SMARTS) is 1. The minimum Gasteiger partial charge on any atom is -0.481 e. The first-order valence-electron chi connectivity index (χ1n) is 4.99. The summed E-state index contributed by atoms with van der Waals surface area (Å²) in [7, 11) is -3.43. The third kappa shape index (κ3) is 4.47. The van der Waals surface area contributed by atoms with Crippen LogP contribution in [0.2, 0.25) is 0 Å². The molecule has 1 N–H and O–H groups in total. The molecule has 0 saturated heterocycles. The fourth-order valence-electron chi connectivity index (χ4n) is 1.37. The van der Waals surface area contributed by atoms with E-state index in [4.69, 9.17) is 5.11 Å². The molecule has 0 aliphatic carbocycles. The molecule has 1 atom stereocenters. The topological polar surface area (TPSA) is 71.4 Å². The number of benzene rings is 1. The zero-order valence-corrected chi connectivity index (χ0v) is 11.7. The molecule has 0 amide bonds. The first-order chi connectivity index (χ1) is 7.81. The molecule has 0 bridgehead atoms. The first kappa shape index (κ1) is 14.2. The predicted molar refractivity (Wildman–Crippen MR) is 68.5 cm³/mol. The van der Waals surface area contributed by atoms with Crippen LogP contribution in [0.4, 0.5) is 0 Å². The Hall–Kier alpha value is -0.880. The summed E-state index contributed by atoms with van der Waals surface area (Å²) in [5.74, 6) is -1.24. The van der Waals surface area contributed by atoms with Gasteiger partial charge in [0.15, 0.2) is 9.84 Å². The molecule has 0 fully saturated rings. The van der Waals surface area contributed by atoms with Crippen LogP contribution in [-0.4, -0.2) is 24.7 Å². The summed E-state index contributed by atoms with van der Waals surface area (Å²) >= 11 is 3.26. The Morgan fingerprint density at radius 1 is 1.47 bits per heavy atom. The minimum absolute atomic E-state index is 0.138. The van der Waals surface area contributed by atoms with Gasteiger partial charge in [-0.3, -0.25) is 4.79 Å². The van der Waals surface area contributed by atoms with E-state index in [1.54, 1.807) is 24.3 Å². The van der Waals surface area contributed by atoms with Crippen LogP contribution in [-0.2, 0) is 20.4 Å². The van der Waals surface area contributed by atoms with E-state index in [2.05, 4.69) is 15.9 Å². The van der Waals surface area contributed by atoms with Crippen LogP contribution in [0.5, 0.6) is 0 Å². The van der Waals surface area contributed by atoms with Gasteiger partial charge >= 0.3 is 5.97 Å². The van der Waals surface area contributed by atoms with Gasteiger partial charge in [-0.1, -0.05) is 28.1 Å². The van der Waals surface area contributed by atoms with E-state index in [1.807, 2.05) is 0 Å². The van der Waals surface area contributed by atoms with E-state index in [1.165, 1.54) is 6.92 Å². The van der Waals surface area contributed by atoms with Crippen molar-refractivity contribution in [1.29, 1.82) is 0 Å². The zero-order chi connectivity index (χ0) is 13.1. The van der Waals surface area contributed by atoms with E-state index in [-0.39, 0.29) is 12.2 Å². The highest BCUT2D eigenvalue weighted by atomic mass is 79.9. The SMILES string of the molecule is CC(CC(=O)O)S(=O)(=O)Cc1cccc(Br)c1. The number of hydrogen-bond donors (Lipinski definition) is 1. The zero-order valence-electron chi connectivity index (χ0n) is 9.26. The highest BCUT2D eigenvalue weighted by Gasteiger charge is 2.23.